The number of hydrogen-bond donors (Lipinski definition) is 1. The number of sulfonamides is 1. The highest BCUT2D eigenvalue weighted by Crippen LogP contribution is 2.43. The lowest BCUT2D eigenvalue weighted by atomic mass is 9.85. The van der Waals surface area contributed by atoms with E-state index >= 15 is 0 Å². The zero-order valence-corrected chi connectivity index (χ0v) is 18.6. The minimum atomic E-state index is -3.89. The number of pyridine rings is 1. The highest BCUT2D eigenvalue weighted by Gasteiger charge is 2.51. The number of amides is 1. The van der Waals surface area contributed by atoms with Gasteiger partial charge >= 0.3 is 0 Å². The number of ether oxygens (including phenoxy) is 2. The summed E-state index contributed by atoms with van der Waals surface area (Å²) in [5, 5.41) is 2.94. The number of benzene rings is 1. The number of hydrogen-bond acceptors (Lipinski definition) is 6. The molecule has 170 valence electrons. The molecule has 0 unspecified atom stereocenters. The minimum absolute atomic E-state index is 0.139. The van der Waals surface area contributed by atoms with E-state index < -0.39 is 16.1 Å². The summed E-state index contributed by atoms with van der Waals surface area (Å²) in [4.78, 5) is 17.3. The van der Waals surface area contributed by atoms with Crippen molar-refractivity contribution in [3.63, 3.8) is 0 Å². The van der Waals surface area contributed by atoms with E-state index in [1.54, 1.807) is 24.5 Å². The van der Waals surface area contributed by atoms with Crippen molar-refractivity contribution in [1.29, 1.82) is 0 Å². The molecular formula is C23H27N3O5S. The molecule has 3 aliphatic rings. The maximum atomic E-state index is 13.8. The molecule has 32 heavy (non-hydrogen) atoms. The van der Waals surface area contributed by atoms with Gasteiger partial charge in [-0.3, -0.25) is 9.78 Å². The van der Waals surface area contributed by atoms with Gasteiger partial charge in [-0.25, -0.2) is 8.42 Å². The van der Waals surface area contributed by atoms with E-state index in [-0.39, 0.29) is 22.8 Å². The van der Waals surface area contributed by atoms with Crippen molar-refractivity contribution in [2.24, 2.45) is 5.92 Å². The van der Waals surface area contributed by atoms with E-state index in [0.29, 0.717) is 37.7 Å². The van der Waals surface area contributed by atoms with Gasteiger partial charge < -0.3 is 14.8 Å². The summed E-state index contributed by atoms with van der Waals surface area (Å²) >= 11 is 0. The number of carbonyl (C=O) groups is 1. The molecule has 3 heterocycles. The summed E-state index contributed by atoms with van der Waals surface area (Å²) in [7, 11) is -3.89. The third-order valence-corrected chi connectivity index (χ3v) is 8.57. The summed E-state index contributed by atoms with van der Waals surface area (Å²) in [5.41, 5.74) is 0.921. The fraction of sp³-hybridized carbons (Fsp3) is 0.478. The van der Waals surface area contributed by atoms with Gasteiger partial charge in [0.2, 0.25) is 15.9 Å². The van der Waals surface area contributed by atoms with Gasteiger partial charge in [0, 0.05) is 31.0 Å². The van der Waals surface area contributed by atoms with Crippen LogP contribution in [-0.4, -0.2) is 48.9 Å². The van der Waals surface area contributed by atoms with Gasteiger partial charge in [-0.15, -0.1) is 0 Å². The second kappa shape index (κ2) is 8.71. The third kappa shape index (κ3) is 3.95. The van der Waals surface area contributed by atoms with E-state index in [9.17, 15) is 13.2 Å². The van der Waals surface area contributed by atoms with Crippen molar-refractivity contribution in [2.75, 3.05) is 13.2 Å². The highest BCUT2D eigenvalue weighted by atomic mass is 32.2. The molecule has 1 saturated carbocycles. The Hall–Kier alpha value is -2.65. The molecule has 2 aromatic rings. The van der Waals surface area contributed by atoms with Crippen molar-refractivity contribution < 1.29 is 22.7 Å². The number of nitrogens with zero attached hydrogens (tertiary/aromatic N) is 2. The normalized spacial score (nSPS) is 25.2. The van der Waals surface area contributed by atoms with E-state index in [0.717, 1.165) is 31.2 Å². The van der Waals surface area contributed by atoms with Crippen LogP contribution in [0.2, 0.25) is 0 Å². The smallest absolute Gasteiger partial charge is 0.244 e. The van der Waals surface area contributed by atoms with Crippen LogP contribution in [0.5, 0.6) is 11.5 Å². The Morgan fingerprint density at radius 2 is 1.81 bits per heavy atom. The molecular weight excluding hydrogens is 430 g/mol. The summed E-state index contributed by atoms with van der Waals surface area (Å²) in [5.74, 6) is 0.916. The quantitative estimate of drug-likeness (QED) is 0.741. The zero-order valence-electron chi connectivity index (χ0n) is 17.8. The minimum Gasteiger partial charge on any atom is -0.486 e. The van der Waals surface area contributed by atoms with E-state index in [2.05, 4.69) is 10.3 Å². The molecule has 5 rings (SSSR count). The van der Waals surface area contributed by atoms with Crippen molar-refractivity contribution in [2.45, 2.75) is 55.6 Å². The zero-order chi connectivity index (χ0) is 22.1. The van der Waals surface area contributed by atoms with Crippen molar-refractivity contribution in [1.82, 2.24) is 14.6 Å². The molecule has 1 aromatic carbocycles. The molecule has 0 radical (unpaired) electrons. The lowest BCUT2D eigenvalue weighted by Gasteiger charge is -2.33. The van der Waals surface area contributed by atoms with Crippen LogP contribution >= 0.6 is 0 Å². The first-order chi connectivity index (χ1) is 15.5. The molecule has 2 aliphatic heterocycles. The predicted octanol–water partition coefficient (Wildman–Crippen LogP) is 2.49. The van der Waals surface area contributed by atoms with Crippen LogP contribution < -0.4 is 14.8 Å². The second-order valence-corrected chi connectivity index (χ2v) is 10.4. The highest BCUT2D eigenvalue weighted by molar-refractivity contribution is 7.89. The van der Waals surface area contributed by atoms with Gasteiger partial charge in [0.25, 0.3) is 0 Å². The van der Waals surface area contributed by atoms with Crippen LogP contribution in [0.3, 0.4) is 0 Å². The summed E-state index contributed by atoms with van der Waals surface area (Å²) < 4.78 is 40.2. The first kappa shape index (κ1) is 21.2. The lowest BCUT2D eigenvalue weighted by Crippen LogP contribution is -2.49. The van der Waals surface area contributed by atoms with Crippen molar-refractivity contribution in [3.05, 3.63) is 48.3 Å². The Kier molecular flexibility index (Phi) is 5.77. The number of rotatable bonds is 5. The number of fused-ring (bicyclic) bond motifs is 2. The second-order valence-electron chi connectivity index (χ2n) is 8.58. The maximum absolute atomic E-state index is 13.8. The van der Waals surface area contributed by atoms with Gasteiger partial charge in [0.1, 0.15) is 19.3 Å². The first-order valence-electron chi connectivity index (χ1n) is 11.1. The molecule has 1 amide bonds. The largest absolute Gasteiger partial charge is 0.486 e. The molecule has 9 heteroatoms. The molecule has 1 aromatic heterocycles. The van der Waals surface area contributed by atoms with Crippen LogP contribution in [-0.2, 0) is 21.4 Å². The average molecular weight is 458 g/mol. The van der Waals surface area contributed by atoms with Gasteiger partial charge in [0.15, 0.2) is 11.5 Å². The topological polar surface area (TPSA) is 97.8 Å². The number of nitrogens with one attached hydrogen (secondary N) is 1. The van der Waals surface area contributed by atoms with Crippen LogP contribution in [0.15, 0.2) is 47.6 Å². The predicted molar refractivity (Wildman–Crippen MR) is 117 cm³/mol. The van der Waals surface area contributed by atoms with Gasteiger partial charge in [-0.1, -0.05) is 12.8 Å². The Labute approximate surface area is 188 Å². The molecule has 1 saturated heterocycles. The van der Waals surface area contributed by atoms with E-state index in [4.69, 9.17) is 9.47 Å². The Balaban J connectivity index is 1.43. The third-order valence-electron chi connectivity index (χ3n) is 6.64. The fourth-order valence-electron chi connectivity index (χ4n) is 5.10. The molecule has 0 spiro atoms. The Bertz CT molecular complexity index is 1090. The number of carbonyl (C=O) groups excluding carboxylic acids is 1. The summed E-state index contributed by atoms with van der Waals surface area (Å²) in [6.07, 6.45) is 7.67. The molecule has 3 atom stereocenters. The van der Waals surface area contributed by atoms with Gasteiger partial charge in [-0.2, -0.15) is 4.31 Å². The van der Waals surface area contributed by atoms with Crippen LogP contribution in [0.4, 0.5) is 0 Å². The van der Waals surface area contributed by atoms with Crippen LogP contribution in [0.25, 0.3) is 0 Å². The monoisotopic (exact) mass is 457 g/mol. The Morgan fingerprint density at radius 3 is 2.62 bits per heavy atom. The Morgan fingerprint density at radius 1 is 1.06 bits per heavy atom. The maximum Gasteiger partial charge on any atom is 0.244 e. The van der Waals surface area contributed by atoms with Crippen molar-refractivity contribution >= 4 is 15.9 Å². The fourth-order valence-corrected chi connectivity index (χ4v) is 6.99. The average Bonchev–Trinajstić information content (AvgIpc) is 3.23. The molecule has 1 aliphatic carbocycles. The first-order valence-corrected chi connectivity index (χ1v) is 12.6. The molecule has 8 nitrogen and oxygen atoms in total. The lowest BCUT2D eigenvalue weighted by molar-refractivity contribution is -0.124. The SMILES string of the molecule is O=C(NCc1ccncc1)[C@@H]1C[C@H]2CCCC[C@H]2N1S(=O)(=O)c1ccc2c(c1)OCCO2. The number of aromatic nitrogens is 1. The van der Waals surface area contributed by atoms with Gasteiger partial charge in [-0.05, 0) is 55.0 Å². The molecule has 1 N–H and O–H groups in total. The molecule has 2 fully saturated rings. The van der Waals surface area contributed by atoms with E-state index in [1.807, 2.05) is 12.1 Å². The van der Waals surface area contributed by atoms with Gasteiger partial charge in [0.05, 0.1) is 4.90 Å². The standard InChI is InChI=1S/C23H27N3O5S/c27-23(25-15-16-7-9-24-10-8-16)20-13-17-3-1-2-4-19(17)26(20)32(28,29)18-5-6-21-22(14-18)31-12-11-30-21/h5-10,14,17,19-20H,1-4,11-13,15H2,(H,25,27)/t17-,19-,20+/m1/s1. The van der Waals surface area contributed by atoms with Crippen LogP contribution in [0, 0.1) is 5.92 Å². The summed E-state index contributed by atoms with van der Waals surface area (Å²) in [6.45, 7) is 1.16. The molecule has 0 bridgehead atoms. The van der Waals surface area contributed by atoms with E-state index in [1.165, 1.54) is 10.4 Å². The summed E-state index contributed by atoms with van der Waals surface area (Å²) in [6, 6.07) is 7.49. The van der Waals surface area contributed by atoms with Crippen molar-refractivity contribution in [3.8, 4) is 11.5 Å². The van der Waals surface area contributed by atoms with Crippen LogP contribution in [0.1, 0.15) is 37.7 Å².